The Labute approximate surface area is 115 Å². The third-order valence-corrected chi connectivity index (χ3v) is 4.87. The molecule has 1 heterocycles. The lowest BCUT2D eigenvalue weighted by Gasteiger charge is -2.27. The maximum atomic E-state index is 5.88. The molecular formula is C15H24N2S. The Balaban J connectivity index is 2.12. The molecule has 1 aromatic rings. The second kappa shape index (κ2) is 5.98. The molecule has 1 fully saturated rings. The first-order valence-corrected chi connectivity index (χ1v) is 7.89. The van der Waals surface area contributed by atoms with Gasteiger partial charge in [0.1, 0.15) is 0 Å². The standard InChI is InChI=1S/C15H24N2S/c1-11-8-14(5-4-13(11)9-12(2)16)17(3)15-6-7-18-10-15/h4-5,8,12,15H,6-7,9-10,16H2,1-3H3. The quantitative estimate of drug-likeness (QED) is 0.907. The molecule has 0 amide bonds. The minimum Gasteiger partial charge on any atom is -0.371 e. The Morgan fingerprint density at radius 3 is 2.83 bits per heavy atom. The lowest BCUT2D eigenvalue weighted by molar-refractivity contribution is 0.698. The summed E-state index contributed by atoms with van der Waals surface area (Å²) in [5.74, 6) is 2.56. The fraction of sp³-hybridized carbons (Fsp3) is 0.600. The van der Waals surface area contributed by atoms with E-state index in [1.54, 1.807) is 0 Å². The molecule has 18 heavy (non-hydrogen) atoms. The predicted molar refractivity (Wildman–Crippen MR) is 82.7 cm³/mol. The summed E-state index contributed by atoms with van der Waals surface area (Å²) in [7, 11) is 2.22. The molecule has 0 aliphatic carbocycles. The van der Waals surface area contributed by atoms with Gasteiger partial charge in [0.25, 0.3) is 0 Å². The highest BCUT2D eigenvalue weighted by atomic mass is 32.2. The van der Waals surface area contributed by atoms with E-state index in [2.05, 4.69) is 55.8 Å². The summed E-state index contributed by atoms with van der Waals surface area (Å²) in [6.07, 6.45) is 2.27. The van der Waals surface area contributed by atoms with Crippen LogP contribution in [0.2, 0.25) is 0 Å². The number of benzene rings is 1. The Bertz CT molecular complexity index is 397. The molecule has 0 bridgehead atoms. The second-order valence-corrected chi connectivity index (χ2v) is 6.57. The maximum Gasteiger partial charge on any atom is 0.0385 e. The Morgan fingerprint density at radius 2 is 2.28 bits per heavy atom. The Kier molecular flexibility index (Phi) is 4.57. The summed E-state index contributed by atoms with van der Waals surface area (Å²) in [5.41, 5.74) is 9.96. The van der Waals surface area contributed by atoms with Crippen molar-refractivity contribution in [3.63, 3.8) is 0 Å². The average molecular weight is 264 g/mol. The van der Waals surface area contributed by atoms with Gasteiger partial charge in [-0.3, -0.25) is 0 Å². The molecule has 1 aliphatic rings. The van der Waals surface area contributed by atoms with E-state index >= 15 is 0 Å². The first-order valence-electron chi connectivity index (χ1n) is 6.73. The molecule has 3 heteroatoms. The van der Waals surface area contributed by atoms with Gasteiger partial charge in [-0.2, -0.15) is 11.8 Å². The van der Waals surface area contributed by atoms with Crippen molar-refractivity contribution in [1.29, 1.82) is 0 Å². The number of aryl methyl sites for hydroxylation is 1. The zero-order valence-corrected chi connectivity index (χ0v) is 12.5. The number of anilines is 1. The highest BCUT2D eigenvalue weighted by Gasteiger charge is 2.20. The van der Waals surface area contributed by atoms with Gasteiger partial charge in [-0.25, -0.2) is 0 Å². The third kappa shape index (κ3) is 3.21. The van der Waals surface area contributed by atoms with E-state index in [9.17, 15) is 0 Å². The first-order chi connectivity index (χ1) is 8.58. The number of rotatable bonds is 4. The molecule has 2 atom stereocenters. The topological polar surface area (TPSA) is 29.3 Å². The molecule has 2 N–H and O–H groups in total. The van der Waals surface area contributed by atoms with Crippen LogP contribution in [-0.2, 0) is 6.42 Å². The van der Waals surface area contributed by atoms with E-state index in [1.807, 2.05) is 0 Å². The lowest BCUT2D eigenvalue weighted by atomic mass is 10.0. The van der Waals surface area contributed by atoms with Crippen LogP contribution in [0.5, 0.6) is 0 Å². The molecule has 2 nitrogen and oxygen atoms in total. The van der Waals surface area contributed by atoms with Gasteiger partial charge in [-0.1, -0.05) is 6.07 Å². The van der Waals surface area contributed by atoms with Crippen LogP contribution in [0.15, 0.2) is 18.2 Å². The van der Waals surface area contributed by atoms with Crippen LogP contribution in [0.3, 0.4) is 0 Å². The van der Waals surface area contributed by atoms with Gasteiger partial charge in [0.05, 0.1) is 0 Å². The largest absolute Gasteiger partial charge is 0.371 e. The van der Waals surface area contributed by atoms with Crippen molar-refractivity contribution < 1.29 is 0 Å². The molecular weight excluding hydrogens is 240 g/mol. The van der Waals surface area contributed by atoms with Crippen LogP contribution in [0.25, 0.3) is 0 Å². The van der Waals surface area contributed by atoms with Crippen LogP contribution in [0.1, 0.15) is 24.5 Å². The van der Waals surface area contributed by atoms with E-state index < -0.39 is 0 Å². The number of nitrogens with zero attached hydrogens (tertiary/aromatic N) is 1. The Hall–Kier alpha value is -0.670. The van der Waals surface area contributed by atoms with E-state index in [-0.39, 0.29) is 6.04 Å². The SMILES string of the molecule is Cc1cc(N(C)C2CCSC2)ccc1CC(C)N. The summed E-state index contributed by atoms with van der Waals surface area (Å²) in [6, 6.07) is 7.73. The van der Waals surface area contributed by atoms with Crippen molar-refractivity contribution in [2.45, 2.75) is 38.8 Å². The van der Waals surface area contributed by atoms with Crippen molar-refractivity contribution in [1.82, 2.24) is 0 Å². The summed E-state index contributed by atoms with van der Waals surface area (Å²) >= 11 is 2.06. The summed E-state index contributed by atoms with van der Waals surface area (Å²) in [4.78, 5) is 2.43. The highest BCUT2D eigenvalue weighted by molar-refractivity contribution is 7.99. The molecule has 0 saturated carbocycles. The average Bonchev–Trinajstić information content (AvgIpc) is 2.84. The van der Waals surface area contributed by atoms with Crippen molar-refractivity contribution in [3.05, 3.63) is 29.3 Å². The molecule has 2 unspecified atom stereocenters. The monoisotopic (exact) mass is 264 g/mol. The molecule has 100 valence electrons. The zero-order valence-electron chi connectivity index (χ0n) is 11.6. The van der Waals surface area contributed by atoms with Crippen molar-refractivity contribution >= 4 is 17.4 Å². The van der Waals surface area contributed by atoms with Crippen LogP contribution in [-0.4, -0.2) is 30.6 Å². The minimum atomic E-state index is 0.235. The molecule has 2 rings (SSSR count). The van der Waals surface area contributed by atoms with E-state index in [4.69, 9.17) is 5.73 Å². The molecule has 0 aromatic heterocycles. The van der Waals surface area contributed by atoms with Gasteiger partial charge in [0.2, 0.25) is 0 Å². The molecule has 0 radical (unpaired) electrons. The number of hydrogen-bond donors (Lipinski definition) is 1. The number of nitrogens with two attached hydrogens (primary N) is 1. The van der Waals surface area contributed by atoms with Crippen LogP contribution >= 0.6 is 11.8 Å². The van der Waals surface area contributed by atoms with Crippen molar-refractivity contribution in [2.75, 3.05) is 23.5 Å². The minimum absolute atomic E-state index is 0.235. The second-order valence-electron chi connectivity index (χ2n) is 5.42. The summed E-state index contributed by atoms with van der Waals surface area (Å²) in [5, 5.41) is 0. The van der Waals surface area contributed by atoms with Crippen molar-refractivity contribution in [3.8, 4) is 0 Å². The zero-order chi connectivity index (χ0) is 13.1. The third-order valence-electron chi connectivity index (χ3n) is 3.73. The van der Waals surface area contributed by atoms with Gasteiger partial charge >= 0.3 is 0 Å². The molecule has 1 saturated heterocycles. The van der Waals surface area contributed by atoms with Crippen LogP contribution < -0.4 is 10.6 Å². The van der Waals surface area contributed by atoms with Gasteiger partial charge in [-0.15, -0.1) is 0 Å². The maximum absolute atomic E-state index is 5.88. The van der Waals surface area contributed by atoms with E-state index in [0.717, 1.165) is 6.42 Å². The predicted octanol–water partition coefficient (Wildman–Crippen LogP) is 2.83. The normalized spacial score (nSPS) is 21.0. The number of thioether (sulfide) groups is 1. The molecule has 1 aromatic carbocycles. The van der Waals surface area contributed by atoms with Crippen LogP contribution in [0, 0.1) is 6.92 Å². The summed E-state index contributed by atoms with van der Waals surface area (Å²) in [6.45, 7) is 4.26. The number of hydrogen-bond acceptors (Lipinski definition) is 3. The Morgan fingerprint density at radius 1 is 1.50 bits per heavy atom. The first kappa shape index (κ1) is 13.8. The van der Waals surface area contributed by atoms with Gasteiger partial charge in [0, 0.05) is 30.6 Å². The fourth-order valence-corrected chi connectivity index (χ4v) is 3.78. The molecule has 0 spiro atoms. The summed E-state index contributed by atoms with van der Waals surface area (Å²) < 4.78 is 0. The fourth-order valence-electron chi connectivity index (χ4n) is 2.51. The van der Waals surface area contributed by atoms with E-state index in [0.29, 0.717) is 6.04 Å². The lowest BCUT2D eigenvalue weighted by Crippen LogP contribution is -2.31. The van der Waals surface area contributed by atoms with Crippen LogP contribution in [0.4, 0.5) is 5.69 Å². The van der Waals surface area contributed by atoms with Gasteiger partial charge in [0.15, 0.2) is 0 Å². The van der Waals surface area contributed by atoms with Gasteiger partial charge in [-0.05, 0) is 55.7 Å². The highest BCUT2D eigenvalue weighted by Crippen LogP contribution is 2.27. The molecule has 1 aliphatic heterocycles. The smallest absolute Gasteiger partial charge is 0.0385 e. The van der Waals surface area contributed by atoms with E-state index in [1.165, 1.54) is 34.7 Å². The van der Waals surface area contributed by atoms with Crippen molar-refractivity contribution in [2.24, 2.45) is 5.73 Å². The van der Waals surface area contributed by atoms with Gasteiger partial charge < -0.3 is 10.6 Å².